The topological polar surface area (TPSA) is 37.8 Å². The van der Waals surface area contributed by atoms with Crippen molar-refractivity contribution >= 4 is 43.2 Å². The Balaban J connectivity index is 2.23. The smallest absolute Gasteiger partial charge is 0.0897 e. The van der Waals surface area contributed by atoms with Crippen molar-refractivity contribution in [2.45, 2.75) is 26.3 Å². The van der Waals surface area contributed by atoms with Crippen molar-refractivity contribution in [2.75, 3.05) is 6.54 Å². The second kappa shape index (κ2) is 6.92. The van der Waals surface area contributed by atoms with E-state index < -0.39 is 0 Å². The first-order valence-corrected chi connectivity index (χ1v) is 8.52. The van der Waals surface area contributed by atoms with E-state index in [4.69, 9.17) is 0 Å². The highest BCUT2D eigenvalue weighted by atomic mass is 79.9. The van der Waals surface area contributed by atoms with E-state index >= 15 is 0 Å². The lowest BCUT2D eigenvalue weighted by molar-refractivity contribution is 0.530. The zero-order chi connectivity index (χ0) is 13.8. The first-order chi connectivity index (χ1) is 9.10. The minimum atomic E-state index is 0.175. The van der Waals surface area contributed by atoms with Gasteiger partial charge < -0.3 is 5.32 Å². The van der Waals surface area contributed by atoms with Gasteiger partial charge in [-0.15, -0.1) is 11.3 Å². The lowest BCUT2D eigenvalue weighted by atomic mass is 10.1. The molecule has 1 atom stereocenters. The van der Waals surface area contributed by atoms with Crippen LogP contribution in [0, 0.1) is 6.92 Å². The summed E-state index contributed by atoms with van der Waals surface area (Å²) in [6.45, 7) is 5.04. The summed E-state index contributed by atoms with van der Waals surface area (Å²) >= 11 is 8.70. The molecule has 2 heterocycles. The predicted molar refractivity (Wildman–Crippen MR) is 86.6 cm³/mol. The molecule has 0 radical (unpaired) electrons. The molecule has 19 heavy (non-hydrogen) atoms. The molecule has 102 valence electrons. The van der Waals surface area contributed by atoms with Gasteiger partial charge in [-0.2, -0.15) is 0 Å². The molecule has 3 nitrogen and oxygen atoms in total. The number of likely N-dealkylation sites (N-methyl/N-ethyl adjacent to an activating group) is 1. The molecule has 6 heteroatoms. The van der Waals surface area contributed by atoms with E-state index in [0.717, 1.165) is 38.3 Å². The molecule has 2 aromatic rings. The number of pyridine rings is 1. The first kappa shape index (κ1) is 15.1. The summed E-state index contributed by atoms with van der Waals surface area (Å²) in [5.74, 6) is 0. The summed E-state index contributed by atoms with van der Waals surface area (Å²) < 4.78 is 1.99. The lowest BCUT2D eigenvalue weighted by Gasteiger charge is -2.17. The zero-order valence-corrected chi connectivity index (χ0v) is 14.8. The molecule has 1 N–H and O–H groups in total. The number of nitrogens with one attached hydrogen (secondary N) is 1. The summed E-state index contributed by atoms with van der Waals surface area (Å²) in [4.78, 5) is 9.05. The highest BCUT2D eigenvalue weighted by Crippen LogP contribution is 2.27. The van der Waals surface area contributed by atoms with Gasteiger partial charge in [-0.1, -0.05) is 6.92 Å². The summed E-state index contributed by atoms with van der Waals surface area (Å²) in [7, 11) is 0. The van der Waals surface area contributed by atoms with Crippen LogP contribution in [-0.2, 0) is 6.42 Å². The number of hydrogen-bond donors (Lipinski definition) is 1. The Hall–Kier alpha value is -0.300. The van der Waals surface area contributed by atoms with E-state index in [2.05, 4.69) is 59.4 Å². The van der Waals surface area contributed by atoms with Crippen LogP contribution in [0.4, 0.5) is 0 Å². The third-order valence-electron chi connectivity index (χ3n) is 2.70. The van der Waals surface area contributed by atoms with Gasteiger partial charge in [0, 0.05) is 26.9 Å². The minimum Gasteiger partial charge on any atom is -0.309 e. The predicted octanol–water partition coefficient (Wildman–Crippen LogP) is 4.26. The fourth-order valence-corrected chi connectivity index (χ4v) is 3.79. The third-order valence-corrected chi connectivity index (χ3v) is 4.59. The lowest BCUT2D eigenvalue weighted by Crippen LogP contribution is -2.24. The Morgan fingerprint density at radius 2 is 2.21 bits per heavy atom. The molecule has 2 aromatic heterocycles. The van der Waals surface area contributed by atoms with Crippen LogP contribution in [-0.4, -0.2) is 16.5 Å². The molecule has 0 bridgehead atoms. The molecule has 0 fully saturated rings. The summed E-state index contributed by atoms with van der Waals surface area (Å²) in [5.41, 5.74) is 2.14. The maximum atomic E-state index is 4.53. The molecule has 2 rings (SSSR count). The quantitative estimate of drug-likeness (QED) is 0.808. The number of aromatic nitrogens is 2. The molecule has 0 aliphatic heterocycles. The van der Waals surface area contributed by atoms with Crippen LogP contribution >= 0.6 is 43.2 Å². The van der Waals surface area contributed by atoms with E-state index in [1.807, 2.05) is 19.2 Å². The van der Waals surface area contributed by atoms with Crippen molar-refractivity contribution in [3.8, 4) is 0 Å². The molecule has 0 aliphatic carbocycles. The molecule has 1 unspecified atom stereocenters. The van der Waals surface area contributed by atoms with E-state index in [0.29, 0.717) is 0 Å². The average molecular weight is 405 g/mol. The Morgan fingerprint density at radius 1 is 1.42 bits per heavy atom. The standard InChI is InChI=1S/C13H15Br2N3S/c1-3-16-12(5-10-7-19-8(2)18-10)13-11(15)4-9(14)6-17-13/h4,6-7,12,16H,3,5H2,1-2H3. The van der Waals surface area contributed by atoms with Gasteiger partial charge in [0.2, 0.25) is 0 Å². The fourth-order valence-electron chi connectivity index (χ4n) is 1.90. The van der Waals surface area contributed by atoms with Crippen LogP contribution in [0.5, 0.6) is 0 Å². The Kier molecular flexibility index (Phi) is 5.50. The number of hydrogen-bond acceptors (Lipinski definition) is 4. The Morgan fingerprint density at radius 3 is 2.79 bits per heavy atom. The van der Waals surface area contributed by atoms with Crippen molar-refractivity contribution in [1.82, 2.24) is 15.3 Å². The number of aryl methyl sites for hydroxylation is 1. The molecule has 0 amide bonds. The molecule has 0 aliphatic rings. The Bertz CT molecular complexity index is 557. The van der Waals surface area contributed by atoms with E-state index in [-0.39, 0.29) is 6.04 Å². The van der Waals surface area contributed by atoms with Crippen molar-refractivity contribution < 1.29 is 0 Å². The van der Waals surface area contributed by atoms with Crippen LogP contribution in [0.25, 0.3) is 0 Å². The van der Waals surface area contributed by atoms with Crippen LogP contribution < -0.4 is 5.32 Å². The average Bonchev–Trinajstić information content (AvgIpc) is 2.74. The number of rotatable bonds is 5. The Labute approximate surface area is 134 Å². The van der Waals surface area contributed by atoms with Crippen molar-refractivity contribution in [1.29, 1.82) is 0 Å². The highest BCUT2D eigenvalue weighted by molar-refractivity contribution is 9.11. The highest BCUT2D eigenvalue weighted by Gasteiger charge is 2.17. The zero-order valence-electron chi connectivity index (χ0n) is 10.8. The largest absolute Gasteiger partial charge is 0.309 e. The molecule has 0 saturated carbocycles. The number of nitrogens with zero attached hydrogens (tertiary/aromatic N) is 2. The van der Waals surface area contributed by atoms with Gasteiger partial charge in [-0.25, -0.2) is 4.98 Å². The van der Waals surface area contributed by atoms with Gasteiger partial charge in [-0.3, -0.25) is 4.98 Å². The van der Waals surface area contributed by atoms with Crippen LogP contribution in [0.15, 0.2) is 26.6 Å². The summed E-state index contributed by atoms with van der Waals surface area (Å²) in [5, 5.41) is 6.70. The van der Waals surface area contributed by atoms with Crippen LogP contribution in [0.2, 0.25) is 0 Å². The van der Waals surface area contributed by atoms with Crippen LogP contribution in [0.3, 0.4) is 0 Å². The maximum Gasteiger partial charge on any atom is 0.0897 e. The van der Waals surface area contributed by atoms with Gasteiger partial charge in [0.1, 0.15) is 0 Å². The molecule has 0 saturated heterocycles. The fraction of sp³-hybridized carbons (Fsp3) is 0.385. The second-order valence-electron chi connectivity index (χ2n) is 4.19. The van der Waals surface area contributed by atoms with E-state index in [9.17, 15) is 0 Å². The van der Waals surface area contributed by atoms with Gasteiger partial charge in [0.25, 0.3) is 0 Å². The third kappa shape index (κ3) is 4.08. The minimum absolute atomic E-state index is 0.175. The van der Waals surface area contributed by atoms with Gasteiger partial charge in [-0.05, 0) is 51.4 Å². The summed E-state index contributed by atoms with van der Waals surface area (Å²) in [6, 6.07) is 2.20. The normalized spacial score (nSPS) is 12.6. The van der Waals surface area contributed by atoms with Crippen molar-refractivity contribution in [2.24, 2.45) is 0 Å². The molecular weight excluding hydrogens is 390 g/mol. The molecule has 0 aromatic carbocycles. The van der Waals surface area contributed by atoms with Crippen LogP contribution in [0.1, 0.15) is 29.4 Å². The number of halogens is 2. The monoisotopic (exact) mass is 403 g/mol. The van der Waals surface area contributed by atoms with Crippen molar-refractivity contribution in [3.63, 3.8) is 0 Å². The SMILES string of the molecule is CCNC(Cc1csc(C)n1)c1ncc(Br)cc1Br. The summed E-state index contributed by atoms with van der Waals surface area (Å²) in [6.07, 6.45) is 2.68. The second-order valence-corrected chi connectivity index (χ2v) is 7.03. The molecular formula is C13H15Br2N3S. The van der Waals surface area contributed by atoms with Crippen molar-refractivity contribution in [3.05, 3.63) is 43.0 Å². The van der Waals surface area contributed by atoms with Gasteiger partial charge in [0.15, 0.2) is 0 Å². The van der Waals surface area contributed by atoms with Gasteiger partial charge >= 0.3 is 0 Å². The van der Waals surface area contributed by atoms with Gasteiger partial charge in [0.05, 0.1) is 22.4 Å². The maximum absolute atomic E-state index is 4.53. The van der Waals surface area contributed by atoms with E-state index in [1.165, 1.54) is 0 Å². The molecule has 0 spiro atoms. The van der Waals surface area contributed by atoms with E-state index in [1.54, 1.807) is 11.3 Å². The number of thiazole rings is 1. The first-order valence-electron chi connectivity index (χ1n) is 6.05.